The van der Waals surface area contributed by atoms with Crippen LogP contribution >= 0.6 is 0 Å². The molecular weight excluding hydrogens is 385 g/mol. The van der Waals surface area contributed by atoms with Crippen molar-refractivity contribution >= 4 is 17.7 Å². The van der Waals surface area contributed by atoms with Crippen LogP contribution in [0.4, 0.5) is 4.39 Å². The van der Waals surface area contributed by atoms with Crippen LogP contribution in [0.3, 0.4) is 0 Å². The van der Waals surface area contributed by atoms with Crippen molar-refractivity contribution in [2.45, 2.75) is 37.8 Å². The predicted octanol–water partition coefficient (Wildman–Crippen LogP) is 2.29. The first-order valence-corrected chi connectivity index (χ1v) is 10.1. The number of benzene rings is 2. The molecule has 30 heavy (non-hydrogen) atoms. The van der Waals surface area contributed by atoms with E-state index in [1.807, 2.05) is 30.3 Å². The summed E-state index contributed by atoms with van der Waals surface area (Å²) in [7, 11) is 1.55. The van der Waals surface area contributed by atoms with E-state index in [0.29, 0.717) is 19.4 Å². The molecule has 2 aromatic rings. The zero-order chi connectivity index (χ0) is 21.5. The molecule has 7 heteroatoms. The van der Waals surface area contributed by atoms with E-state index in [0.717, 1.165) is 18.4 Å². The van der Waals surface area contributed by atoms with E-state index in [-0.39, 0.29) is 17.4 Å². The van der Waals surface area contributed by atoms with Gasteiger partial charge in [-0.2, -0.15) is 0 Å². The second kappa shape index (κ2) is 10.0. The van der Waals surface area contributed by atoms with E-state index in [9.17, 15) is 18.8 Å². The summed E-state index contributed by atoms with van der Waals surface area (Å²) in [6.07, 6.45) is 2.56. The number of nitrogens with one attached hydrogen (secondary N) is 2. The molecule has 1 saturated heterocycles. The number of carbonyl (C=O) groups excluding carboxylic acids is 3. The third-order valence-corrected chi connectivity index (χ3v) is 5.31. The van der Waals surface area contributed by atoms with Crippen molar-refractivity contribution in [3.05, 3.63) is 71.5 Å². The Kier molecular flexibility index (Phi) is 7.17. The van der Waals surface area contributed by atoms with E-state index in [1.54, 1.807) is 7.05 Å². The molecule has 2 N–H and O–H groups in total. The van der Waals surface area contributed by atoms with Crippen molar-refractivity contribution in [2.75, 3.05) is 13.6 Å². The summed E-state index contributed by atoms with van der Waals surface area (Å²) in [5.41, 5.74) is 1.18. The van der Waals surface area contributed by atoms with Crippen molar-refractivity contribution in [1.82, 2.24) is 15.5 Å². The molecule has 3 amide bonds. The van der Waals surface area contributed by atoms with Crippen molar-refractivity contribution < 1.29 is 18.8 Å². The summed E-state index contributed by atoms with van der Waals surface area (Å²) in [6.45, 7) is 0.599. The van der Waals surface area contributed by atoms with E-state index in [1.165, 1.54) is 29.2 Å². The fourth-order valence-electron chi connectivity index (χ4n) is 3.53. The SMILES string of the molecule is CN(C(=O)c1ccc(F)cc1)[C@@H](Cc1ccccc1)C(=O)N[C@@H]1CCCCNC1=O. The maximum absolute atomic E-state index is 13.2. The molecule has 0 bridgehead atoms. The maximum atomic E-state index is 13.2. The quantitative estimate of drug-likeness (QED) is 0.766. The zero-order valence-corrected chi connectivity index (χ0v) is 16.9. The summed E-state index contributed by atoms with van der Waals surface area (Å²) in [5, 5.41) is 5.62. The first kappa shape index (κ1) is 21.5. The van der Waals surface area contributed by atoms with E-state index < -0.39 is 23.8 Å². The second-order valence-corrected chi connectivity index (χ2v) is 7.48. The van der Waals surface area contributed by atoms with Crippen LogP contribution in [0.2, 0.25) is 0 Å². The largest absolute Gasteiger partial charge is 0.354 e. The molecule has 1 aliphatic heterocycles. The van der Waals surface area contributed by atoms with Gasteiger partial charge in [0.25, 0.3) is 5.91 Å². The van der Waals surface area contributed by atoms with Crippen molar-refractivity contribution in [3.63, 3.8) is 0 Å². The number of hydrogen-bond donors (Lipinski definition) is 2. The Morgan fingerprint density at radius 3 is 2.53 bits per heavy atom. The van der Waals surface area contributed by atoms with Crippen LogP contribution in [0.25, 0.3) is 0 Å². The minimum atomic E-state index is -0.819. The lowest BCUT2D eigenvalue weighted by Gasteiger charge is -2.29. The monoisotopic (exact) mass is 411 g/mol. The second-order valence-electron chi connectivity index (χ2n) is 7.48. The number of amides is 3. The third-order valence-electron chi connectivity index (χ3n) is 5.31. The van der Waals surface area contributed by atoms with Crippen LogP contribution in [0.1, 0.15) is 35.2 Å². The fraction of sp³-hybridized carbons (Fsp3) is 0.348. The summed E-state index contributed by atoms with van der Waals surface area (Å²) >= 11 is 0. The number of halogens is 1. The van der Waals surface area contributed by atoms with Gasteiger partial charge in [-0.3, -0.25) is 14.4 Å². The van der Waals surface area contributed by atoms with E-state index in [2.05, 4.69) is 10.6 Å². The highest BCUT2D eigenvalue weighted by Crippen LogP contribution is 2.14. The molecule has 1 heterocycles. The smallest absolute Gasteiger partial charge is 0.254 e. The molecule has 1 aliphatic rings. The zero-order valence-electron chi connectivity index (χ0n) is 16.9. The molecule has 3 rings (SSSR count). The van der Waals surface area contributed by atoms with Gasteiger partial charge in [-0.05, 0) is 49.1 Å². The molecule has 0 saturated carbocycles. The van der Waals surface area contributed by atoms with Gasteiger partial charge in [-0.15, -0.1) is 0 Å². The Labute approximate surface area is 175 Å². The summed E-state index contributed by atoms with van der Waals surface area (Å²) in [4.78, 5) is 39.7. The van der Waals surface area contributed by atoms with Gasteiger partial charge in [0.1, 0.15) is 17.9 Å². The molecule has 2 atom stereocenters. The highest BCUT2D eigenvalue weighted by Gasteiger charge is 2.31. The van der Waals surface area contributed by atoms with Crippen LogP contribution in [-0.4, -0.2) is 48.3 Å². The number of carbonyl (C=O) groups is 3. The minimum absolute atomic E-state index is 0.202. The van der Waals surface area contributed by atoms with Crippen LogP contribution in [-0.2, 0) is 16.0 Å². The molecule has 158 valence electrons. The molecule has 0 radical (unpaired) electrons. The molecule has 0 spiro atoms. The lowest BCUT2D eigenvalue weighted by atomic mass is 10.0. The van der Waals surface area contributed by atoms with Crippen molar-refractivity contribution in [2.24, 2.45) is 0 Å². The van der Waals surface area contributed by atoms with Crippen molar-refractivity contribution in [1.29, 1.82) is 0 Å². The first-order chi connectivity index (χ1) is 14.5. The van der Waals surface area contributed by atoms with Crippen molar-refractivity contribution in [3.8, 4) is 0 Å². The van der Waals surface area contributed by atoms with Crippen LogP contribution in [0.15, 0.2) is 54.6 Å². The van der Waals surface area contributed by atoms with Gasteiger partial charge in [-0.1, -0.05) is 30.3 Å². The Morgan fingerprint density at radius 1 is 1.13 bits per heavy atom. The van der Waals surface area contributed by atoms with Gasteiger partial charge in [-0.25, -0.2) is 4.39 Å². The van der Waals surface area contributed by atoms with Gasteiger partial charge in [0.15, 0.2) is 0 Å². The Bertz CT molecular complexity index is 886. The standard InChI is InChI=1S/C23H26FN3O3/c1-27(23(30)17-10-12-18(24)13-11-17)20(15-16-7-3-2-4-8-16)22(29)26-19-9-5-6-14-25-21(19)28/h2-4,7-8,10-13,19-20H,5-6,9,14-15H2,1H3,(H,25,28)(H,26,29)/t19-,20+/m1/s1. The van der Waals surface area contributed by atoms with Crippen LogP contribution in [0.5, 0.6) is 0 Å². The number of nitrogens with zero attached hydrogens (tertiary/aromatic N) is 1. The fourth-order valence-corrected chi connectivity index (χ4v) is 3.53. The maximum Gasteiger partial charge on any atom is 0.254 e. The number of hydrogen-bond acceptors (Lipinski definition) is 3. The lowest BCUT2D eigenvalue weighted by Crippen LogP contribution is -2.54. The highest BCUT2D eigenvalue weighted by molar-refractivity contribution is 5.98. The summed E-state index contributed by atoms with van der Waals surface area (Å²) in [5.74, 6) is -1.42. The molecular formula is C23H26FN3O3. The molecule has 2 aromatic carbocycles. The highest BCUT2D eigenvalue weighted by atomic mass is 19.1. The summed E-state index contributed by atoms with van der Waals surface area (Å²) in [6, 6.07) is 13.1. The molecule has 0 aliphatic carbocycles. The predicted molar refractivity (Wildman–Crippen MR) is 111 cm³/mol. The molecule has 0 aromatic heterocycles. The number of rotatable bonds is 6. The van der Waals surface area contributed by atoms with Crippen LogP contribution < -0.4 is 10.6 Å². The minimum Gasteiger partial charge on any atom is -0.354 e. The average Bonchev–Trinajstić information content (AvgIpc) is 2.96. The van der Waals surface area contributed by atoms with Crippen LogP contribution in [0, 0.1) is 5.82 Å². The van der Waals surface area contributed by atoms with Gasteiger partial charge < -0.3 is 15.5 Å². The first-order valence-electron chi connectivity index (χ1n) is 10.1. The number of likely N-dealkylation sites (N-methyl/N-ethyl adjacent to an activating group) is 1. The molecule has 6 nitrogen and oxygen atoms in total. The Hall–Kier alpha value is -3.22. The average molecular weight is 411 g/mol. The van der Waals surface area contributed by atoms with E-state index >= 15 is 0 Å². The van der Waals surface area contributed by atoms with Gasteiger partial charge in [0, 0.05) is 25.6 Å². The lowest BCUT2D eigenvalue weighted by molar-refractivity contribution is -0.131. The Morgan fingerprint density at radius 2 is 1.83 bits per heavy atom. The third kappa shape index (κ3) is 5.43. The topological polar surface area (TPSA) is 78.5 Å². The Balaban J connectivity index is 1.81. The van der Waals surface area contributed by atoms with Gasteiger partial charge >= 0.3 is 0 Å². The van der Waals surface area contributed by atoms with Gasteiger partial charge in [0.2, 0.25) is 11.8 Å². The summed E-state index contributed by atoms with van der Waals surface area (Å²) < 4.78 is 13.2. The normalized spacial score (nSPS) is 17.4. The van der Waals surface area contributed by atoms with E-state index in [4.69, 9.17) is 0 Å². The molecule has 1 fully saturated rings. The molecule has 0 unspecified atom stereocenters. The van der Waals surface area contributed by atoms with Gasteiger partial charge in [0.05, 0.1) is 0 Å².